The maximum Gasteiger partial charge on any atom is 0.148 e. The van der Waals surface area contributed by atoms with Gasteiger partial charge < -0.3 is 10.2 Å². The minimum atomic E-state index is -2.93. The smallest absolute Gasteiger partial charge is 0.148 e. The number of rotatable bonds is 9. The molecule has 0 saturated carbocycles. The average molecular weight is 316 g/mol. The molecule has 21 heavy (non-hydrogen) atoms. The molecule has 0 aliphatic carbocycles. The molecule has 120 valence electrons. The Balaban J connectivity index is 2.55. The van der Waals surface area contributed by atoms with E-state index in [9.17, 15) is 12.8 Å². The van der Waals surface area contributed by atoms with Crippen molar-refractivity contribution >= 4 is 9.84 Å². The number of sulfone groups is 1. The minimum Gasteiger partial charge on any atom is -0.310 e. The molecule has 0 bridgehead atoms. The Morgan fingerprint density at radius 2 is 2.05 bits per heavy atom. The van der Waals surface area contributed by atoms with Crippen molar-refractivity contribution < 1.29 is 12.8 Å². The molecule has 1 unspecified atom stereocenters. The van der Waals surface area contributed by atoms with Crippen molar-refractivity contribution in [3.8, 4) is 0 Å². The number of nitrogens with one attached hydrogen (secondary N) is 1. The fraction of sp³-hybridized carbons (Fsp3) is 0.600. The average Bonchev–Trinajstić information content (AvgIpc) is 2.40. The molecule has 0 spiro atoms. The molecule has 1 atom stereocenters. The molecule has 0 amide bonds. The molecule has 0 radical (unpaired) electrons. The second kappa shape index (κ2) is 8.46. The lowest BCUT2D eigenvalue weighted by atomic mass is 10.0. The van der Waals surface area contributed by atoms with E-state index in [1.165, 1.54) is 12.3 Å². The molecule has 0 fully saturated rings. The van der Waals surface area contributed by atoms with E-state index in [0.29, 0.717) is 6.54 Å². The Morgan fingerprint density at radius 1 is 1.33 bits per heavy atom. The van der Waals surface area contributed by atoms with Crippen LogP contribution in [0.25, 0.3) is 0 Å². The summed E-state index contributed by atoms with van der Waals surface area (Å²) < 4.78 is 35.6. The minimum absolute atomic E-state index is 0.0754. The Hall–Kier alpha value is -0.980. The SMILES string of the molecule is CCNC(CCN(C)CCS(C)(=O)=O)c1cccc(F)c1. The van der Waals surface area contributed by atoms with Crippen LogP contribution in [0.2, 0.25) is 0 Å². The van der Waals surface area contributed by atoms with Crippen molar-refractivity contribution in [1.82, 2.24) is 10.2 Å². The highest BCUT2D eigenvalue weighted by atomic mass is 32.2. The van der Waals surface area contributed by atoms with Crippen molar-refractivity contribution in [3.63, 3.8) is 0 Å². The first-order valence-corrected chi connectivity index (χ1v) is 9.23. The monoisotopic (exact) mass is 316 g/mol. The second-order valence-electron chi connectivity index (χ2n) is 5.39. The Kier molecular flexibility index (Phi) is 7.28. The summed E-state index contributed by atoms with van der Waals surface area (Å²) in [7, 11) is -1.03. The number of hydrogen-bond donors (Lipinski definition) is 1. The molecule has 6 heteroatoms. The zero-order chi connectivity index (χ0) is 15.9. The summed E-state index contributed by atoms with van der Waals surface area (Å²) in [5, 5.41) is 3.34. The number of nitrogens with zero attached hydrogens (tertiary/aromatic N) is 1. The zero-order valence-corrected chi connectivity index (χ0v) is 13.8. The first-order valence-electron chi connectivity index (χ1n) is 7.17. The van der Waals surface area contributed by atoms with Crippen LogP contribution in [0.4, 0.5) is 4.39 Å². The summed E-state index contributed by atoms with van der Waals surface area (Å²) in [6, 6.07) is 6.68. The summed E-state index contributed by atoms with van der Waals surface area (Å²) in [5.74, 6) is -0.0733. The van der Waals surface area contributed by atoms with E-state index in [2.05, 4.69) is 5.32 Å². The summed E-state index contributed by atoms with van der Waals surface area (Å²) in [4.78, 5) is 1.99. The van der Waals surface area contributed by atoms with Crippen molar-refractivity contribution in [2.24, 2.45) is 0 Å². The number of hydrogen-bond acceptors (Lipinski definition) is 4. The van der Waals surface area contributed by atoms with Gasteiger partial charge in [0.05, 0.1) is 5.75 Å². The fourth-order valence-electron chi connectivity index (χ4n) is 2.14. The van der Waals surface area contributed by atoms with Gasteiger partial charge in [0.15, 0.2) is 0 Å². The van der Waals surface area contributed by atoms with Gasteiger partial charge in [0, 0.05) is 18.8 Å². The summed E-state index contributed by atoms with van der Waals surface area (Å²) >= 11 is 0. The van der Waals surface area contributed by atoms with Gasteiger partial charge in [-0.15, -0.1) is 0 Å². The van der Waals surface area contributed by atoms with Crippen molar-refractivity contribution in [3.05, 3.63) is 35.6 Å². The highest BCUT2D eigenvalue weighted by molar-refractivity contribution is 7.90. The lowest BCUT2D eigenvalue weighted by molar-refractivity contribution is 0.323. The van der Waals surface area contributed by atoms with E-state index < -0.39 is 9.84 Å². The third-order valence-corrected chi connectivity index (χ3v) is 4.27. The zero-order valence-electron chi connectivity index (χ0n) is 13.0. The first-order chi connectivity index (χ1) is 9.81. The van der Waals surface area contributed by atoms with Crippen molar-refractivity contribution in [1.29, 1.82) is 0 Å². The Morgan fingerprint density at radius 3 is 2.62 bits per heavy atom. The van der Waals surface area contributed by atoms with E-state index in [1.807, 2.05) is 24.9 Å². The van der Waals surface area contributed by atoms with Gasteiger partial charge >= 0.3 is 0 Å². The van der Waals surface area contributed by atoms with Gasteiger partial charge in [-0.2, -0.15) is 0 Å². The molecule has 0 saturated heterocycles. The standard InChI is InChI=1S/C15H25FN2O2S/c1-4-17-15(13-6-5-7-14(16)12-13)8-9-18(2)10-11-21(3,19)20/h5-7,12,15,17H,4,8-11H2,1-3H3. The molecule has 0 aromatic heterocycles. The largest absolute Gasteiger partial charge is 0.310 e. The molecule has 0 heterocycles. The molecule has 1 aromatic carbocycles. The van der Waals surface area contributed by atoms with Crippen LogP contribution in [0.3, 0.4) is 0 Å². The highest BCUT2D eigenvalue weighted by Crippen LogP contribution is 2.18. The Labute approximate surface area is 127 Å². The van der Waals surface area contributed by atoms with E-state index >= 15 is 0 Å². The third-order valence-electron chi connectivity index (χ3n) is 3.34. The van der Waals surface area contributed by atoms with Crippen molar-refractivity contribution in [2.75, 3.05) is 38.7 Å². The molecule has 1 rings (SSSR count). The Bertz CT molecular complexity index is 534. The topological polar surface area (TPSA) is 49.4 Å². The van der Waals surface area contributed by atoms with E-state index in [-0.39, 0.29) is 17.6 Å². The van der Waals surface area contributed by atoms with Crippen LogP contribution < -0.4 is 5.32 Å². The van der Waals surface area contributed by atoms with Gasteiger partial charge in [0.2, 0.25) is 0 Å². The van der Waals surface area contributed by atoms with Crippen molar-refractivity contribution in [2.45, 2.75) is 19.4 Å². The highest BCUT2D eigenvalue weighted by Gasteiger charge is 2.13. The quantitative estimate of drug-likeness (QED) is 0.755. The lowest BCUT2D eigenvalue weighted by Gasteiger charge is -2.22. The van der Waals surface area contributed by atoms with Gasteiger partial charge in [-0.05, 0) is 44.3 Å². The predicted octanol–water partition coefficient (Wildman–Crippen LogP) is 1.84. The predicted molar refractivity (Wildman–Crippen MR) is 84.6 cm³/mol. The number of halogens is 1. The summed E-state index contributed by atoms with van der Waals surface area (Å²) in [6.07, 6.45) is 2.05. The van der Waals surface area contributed by atoms with E-state index in [0.717, 1.165) is 25.1 Å². The van der Waals surface area contributed by atoms with Crippen LogP contribution in [0.5, 0.6) is 0 Å². The lowest BCUT2D eigenvalue weighted by Crippen LogP contribution is -2.30. The maximum absolute atomic E-state index is 13.3. The van der Waals surface area contributed by atoms with Gasteiger partial charge in [0.25, 0.3) is 0 Å². The maximum atomic E-state index is 13.3. The van der Waals surface area contributed by atoms with Gasteiger partial charge in [0.1, 0.15) is 15.7 Å². The van der Waals surface area contributed by atoms with Gasteiger partial charge in [-0.1, -0.05) is 19.1 Å². The van der Waals surface area contributed by atoms with Crippen LogP contribution in [0.15, 0.2) is 24.3 Å². The van der Waals surface area contributed by atoms with E-state index in [1.54, 1.807) is 12.1 Å². The van der Waals surface area contributed by atoms with Gasteiger partial charge in [-0.25, -0.2) is 12.8 Å². The van der Waals surface area contributed by atoms with Crippen LogP contribution in [0, 0.1) is 5.82 Å². The molecule has 0 aliphatic heterocycles. The van der Waals surface area contributed by atoms with Crippen LogP contribution >= 0.6 is 0 Å². The summed E-state index contributed by atoms with van der Waals surface area (Å²) in [5.41, 5.74) is 0.924. The van der Waals surface area contributed by atoms with Crippen LogP contribution in [-0.2, 0) is 9.84 Å². The molecular weight excluding hydrogens is 291 g/mol. The van der Waals surface area contributed by atoms with Crippen LogP contribution in [-0.4, -0.2) is 52.0 Å². The normalized spacial score (nSPS) is 13.6. The molecule has 1 aromatic rings. The molecule has 1 N–H and O–H groups in total. The third kappa shape index (κ3) is 7.55. The number of benzene rings is 1. The van der Waals surface area contributed by atoms with Crippen LogP contribution in [0.1, 0.15) is 24.9 Å². The summed E-state index contributed by atoms with van der Waals surface area (Å²) in [6.45, 7) is 4.08. The fourth-order valence-corrected chi connectivity index (χ4v) is 2.78. The molecular formula is C15H25FN2O2S. The molecule has 0 aliphatic rings. The van der Waals surface area contributed by atoms with E-state index in [4.69, 9.17) is 0 Å². The van der Waals surface area contributed by atoms with Gasteiger partial charge in [-0.3, -0.25) is 0 Å². The first kappa shape index (κ1) is 18.1. The second-order valence-corrected chi connectivity index (χ2v) is 7.65. The molecule has 4 nitrogen and oxygen atoms in total.